The van der Waals surface area contributed by atoms with Crippen molar-refractivity contribution in [2.45, 2.75) is 11.6 Å². The number of carbonyl (C=O) groups excluding carboxylic acids is 2. The van der Waals surface area contributed by atoms with Crippen LogP contribution in [0.4, 0.5) is 11.4 Å². The van der Waals surface area contributed by atoms with Gasteiger partial charge in [0.1, 0.15) is 5.75 Å². The van der Waals surface area contributed by atoms with E-state index in [1.54, 1.807) is 42.3 Å². The summed E-state index contributed by atoms with van der Waals surface area (Å²) in [6.07, 6.45) is 0. The summed E-state index contributed by atoms with van der Waals surface area (Å²) in [4.78, 5) is 32.9. The third kappa shape index (κ3) is 2.78. The van der Waals surface area contributed by atoms with E-state index < -0.39 is 23.5 Å². The monoisotopic (exact) mass is 428 g/mol. The van der Waals surface area contributed by atoms with Crippen molar-refractivity contribution in [2.24, 2.45) is 4.99 Å². The van der Waals surface area contributed by atoms with E-state index in [0.717, 1.165) is 0 Å². The summed E-state index contributed by atoms with van der Waals surface area (Å²) >= 11 is 0. The summed E-state index contributed by atoms with van der Waals surface area (Å²) in [6, 6.07) is 22.4. The number of aliphatic imine (C=N–C) groups is 1. The van der Waals surface area contributed by atoms with E-state index in [1.807, 2.05) is 48.5 Å². The van der Waals surface area contributed by atoms with Crippen LogP contribution in [0, 0.1) is 0 Å². The number of carbonyl (C=O) groups is 2. The SMILES string of the molecule is COC(=O)[C@@H]1N=C(c2ccc(OC)cc2)O[C@]12C(=O)N(c1ccccc1)c1ccccc12. The Morgan fingerprint density at radius 2 is 1.66 bits per heavy atom. The standard InChI is InChI=1S/C25H20N2O5/c1-30-18-14-12-16(13-15-18)22-26-21(23(28)31-2)25(32-22)19-10-6-7-11-20(19)27(24(25)29)17-8-4-3-5-9-17/h3-15,21H,1-2H3/t21-,25-/m0/s1. The molecule has 1 amide bonds. The molecule has 160 valence electrons. The normalized spacial score (nSPS) is 21.2. The Balaban J connectivity index is 1.66. The molecule has 1 spiro atoms. The van der Waals surface area contributed by atoms with Gasteiger partial charge in [-0.05, 0) is 42.5 Å². The first-order valence-electron chi connectivity index (χ1n) is 10.1. The zero-order chi connectivity index (χ0) is 22.3. The first-order chi connectivity index (χ1) is 15.6. The van der Waals surface area contributed by atoms with Crippen molar-refractivity contribution in [3.63, 3.8) is 0 Å². The number of ether oxygens (including phenoxy) is 3. The molecule has 3 aromatic rings. The van der Waals surface area contributed by atoms with Crippen molar-refractivity contribution >= 4 is 29.1 Å². The molecule has 2 aliphatic heterocycles. The molecule has 0 saturated heterocycles. The number of rotatable bonds is 4. The molecule has 7 nitrogen and oxygen atoms in total. The molecule has 0 unspecified atom stereocenters. The summed E-state index contributed by atoms with van der Waals surface area (Å²) in [5.41, 5.74) is 0.849. The predicted molar refractivity (Wildman–Crippen MR) is 118 cm³/mol. The summed E-state index contributed by atoms with van der Waals surface area (Å²) in [5.74, 6) is -0.177. The Kier molecular flexibility index (Phi) is 4.66. The number of nitrogens with zero attached hydrogens (tertiary/aromatic N) is 2. The van der Waals surface area contributed by atoms with Crippen molar-refractivity contribution in [2.75, 3.05) is 19.1 Å². The fourth-order valence-electron chi connectivity index (χ4n) is 4.21. The average Bonchev–Trinajstić information content (AvgIpc) is 3.37. The zero-order valence-electron chi connectivity index (χ0n) is 17.5. The van der Waals surface area contributed by atoms with Crippen LogP contribution in [0.1, 0.15) is 11.1 Å². The molecule has 2 aliphatic rings. The first-order valence-corrected chi connectivity index (χ1v) is 10.1. The van der Waals surface area contributed by atoms with E-state index in [2.05, 4.69) is 4.99 Å². The highest BCUT2D eigenvalue weighted by Crippen LogP contribution is 2.51. The number of methoxy groups -OCH3 is 2. The highest BCUT2D eigenvalue weighted by atomic mass is 16.6. The van der Waals surface area contributed by atoms with E-state index in [9.17, 15) is 9.59 Å². The number of amides is 1. The van der Waals surface area contributed by atoms with Crippen LogP contribution in [0.25, 0.3) is 0 Å². The van der Waals surface area contributed by atoms with Crippen molar-refractivity contribution in [1.29, 1.82) is 0 Å². The lowest BCUT2D eigenvalue weighted by molar-refractivity contribution is -0.152. The minimum atomic E-state index is -1.66. The van der Waals surface area contributed by atoms with E-state index >= 15 is 0 Å². The number of hydrogen-bond acceptors (Lipinski definition) is 6. The zero-order valence-corrected chi connectivity index (χ0v) is 17.5. The van der Waals surface area contributed by atoms with Gasteiger partial charge in [-0.1, -0.05) is 36.4 Å². The topological polar surface area (TPSA) is 77.4 Å². The van der Waals surface area contributed by atoms with Gasteiger partial charge < -0.3 is 14.2 Å². The number of esters is 1. The largest absolute Gasteiger partial charge is 0.497 e. The molecular weight excluding hydrogens is 408 g/mol. The van der Waals surface area contributed by atoms with Crippen molar-refractivity contribution in [1.82, 2.24) is 0 Å². The van der Waals surface area contributed by atoms with Crippen LogP contribution in [0.15, 0.2) is 83.9 Å². The Morgan fingerprint density at radius 1 is 0.969 bits per heavy atom. The maximum atomic E-state index is 14.0. The van der Waals surface area contributed by atoms with E-state index in [4.69, 9.17) is 14.2 Å². The molecule has 0 N–H and O–H groups in total. The molecule has 3 aromatic carbocycles. The van der Waals surface area contributed by atoms with Gasteiger partial charge in [0.25, 0.3) is 5.91 Å². The summed E-state index contributed by atoms with van der Waals surface area (Å²) in [6.45, 7) is 0. The van der Waals surface area contributed by atoms with Crippen LogP contribution < -0.4 is 9.64 Å². The second kappa shape index (κ2) is 7.53. The maximum Gasteiger partial charge on any atom is 0.335 e. The number of para-hydroxylation sites is 2. The third-order valence-corrected chi connectivity index (χ3v) is 5.73. The first kappa shape index (κ1) is 19.8. The molecule has 5 rings (SSSR count). The minimum absolute atomic E-state index is 0.195. The molecule has 0 fully saturated rings. The van der Waals surface area contributed by atoms with E-state index in [-0.39, 0.29) is 5.90 Å². The highest BCUT2D eigenvalue weighted by Gasteiger charge is 2.65. The Labute approximate surface area is 184 Å². The van der Waals surface area contributed by atoms with Gasteiger partial charge in [0.15, 0.2) is 0 Å². The molecule has 0 saturated carbocycles. The summed E-state index contributed by atoms with van der Waals surface area (Å²) in [5, 5.41) is 0. The van der Waals surface area contributed by atoms with Crippen LogP contribution in [0.5, 0.6) is 5.75 Å². The van der Waals surface area contributed by atoms with Crippen molar-refractivity contribution < 1.29 is 23.8 Å². The van der Waals surface area contributed by atoms with Gasteiger partial charge in [-0.25, -0.2) is 9.79 Å². The number of hydrogen-bond donors (Lipinski definition) is 0. The molecule has 0 aliphatic carbocycles. The Bertz CT molecular complexity index is 1220. The van der Waals surface area contributed by atoms with E-state index in [0.29, 0.717) is 28.3 Å². The van der Waals surface area contributed by atoms with Gasteiger partial charge >= 0.3 is 5.97 Å². The van der Waals surface area contributed by atoms with Crippen LogP contribution in [-0.4, -0.2) is 38.0 Å². The van der Waals surface area contributed by atoms with Crippen molar-refractivity contribution in [3.05, 3.63) is 90.0 Å². The van der Waals surface area contributed by atoms with Gasteiger partial charge in [-0.2, -0.15) is 0 Å². The van der Waals surface area contributed by atoms with Gasteiger partial charge in [-0.3, -0.25) is 9.69 Å². The fourth-order valence-corrected chi connectivity index (χ4v) is 4.21. The highest BCUT2D eigenvalue weighted by molar-refractivity contribution is 6.17. The molecule has 32 heavy (non-hydrogen) atoms. The molecule has 0 bridgehead atoms. The number of anilines is 2. The average molecular weight is 428 g/mol. The molecule has 0 radical (unpaired) electrons. The summed E-state index contributed by atoms with van der Waals surface area (Å²) in [7, 11) is 2.85. The lowest BCUT2D eigenvalue weighted by atomic mass is 9.88. The molecule has 2 heterocycles. The van der Waals surface area contributed by atoms with Gasteiger partial charge in [0, 0.05) is 16.8 Å². The van der Waals surface area contributed by atoms with Crippen molar-refractivity contribution in [3.8, 4) is 5.75 Å². The second-order valence-corrected chi connectivity index (χ2v) is 7.42. The minimum Gasteiger partial charge on any atom is -0.497 e. The maximum absolute atomic E-state index is 14.0. The number of benzene rings is 3. The molecule has 0 aromatic heterocycles. The molecular formula is C25H20N2O5. The van der Waals surface area contributed by atoms with E-state index in [1.165, 1.54) is 7.11 Å². The number of fused-ring (bicyclic) bond motifs is 2. The predicted octanol–water partition coefficient (Wildman–Crippen LogP) is 3.59. The van der Waals surface area contributed by atoms with Crippen LogP contribution in [0.2, 0.25) is 0 Å². The van der Waals surface area contributed by atoms with Gasteiger partial charge in [0.05, 0.1) is 19.9 Å². The Hall–Kier alpha value is -4.13. The lowest BCUT2D eigenvalue weighted by Crippen LogP contribution is -2.49. The van der Waals surface area contributed by atoms with Gasteiger partial charge in [0.2, 0.25) is 17.5 Å². The molecule has 2 atom stereocenters. The Morgan fingerprint density at radius 3 is 2.34 bits per heavy atom. The smallest absolute Gasteiger partial charge is 0.335 e. The summed E-state index contributed by atoms with van der Waals surface area (Å²) < 4.78 is 16.6. The van der Waals surface area contributed by atoms with Crippen LogP contribution >= 0.6 is 0 Å². The van der Waals surface area contributed by atoms with Crippen LogP contribution in [0.3, 0.4) is 0 Å². The second-order valence-electron chi connectivity index (χ2n) is 7.42. The van der Waals surface area contributed by atoms with Crippen LogP contribution in [-0.2, 0) is 24.7 Å². The third-order valence-electron chi connectivity index (χ3n) is 5.73. The van der Waals surface area contributed by atoms with Gasteiger partial charge in [-0.15, -0.1) is 0 Å². The molecule has 7 heteroatoms. The quantitative estimate of drug-likeness (QED) is 0.594. The fraction of sp³-hybridized carbons (Fsp3) is 0.160. The lowest BCUT2D eigenvalue weighted by Gasteiger charge is -2.27.